The molecule has 0 aromatic rings. The highest BCUT2D eigenvalue weighted by atomic mass is 16.1. The SMILES string of the molecule is CCC(=O)NC(C)(C)C.[HH]. The Morgan fingerprint density at radius 1 is 1.56 bits per heavy atom. The summed E-state index contributed by atoms with van der Waals surface area (Å²) in [5, 5.41) is 2.83. The van der Waals surface area contributed by atoms with Gasteiger partial charge in [0.2, 0.25) is 5.91 Å². The molecule has 56 valence electrons. The number of hydrogen-bond acceptors (Lipinski definition) is 1. The monoisotopic (exact) mass is 131 g/mol. The van der Waals surface area contributed by atoms with Crippen molar-refractivity contribution in [2.24, 2.45) is 0 Å². The molecule has 0 saturated carbocycles. The van der Waals surface area contributed by atoms with Gasteiger partial charge in [-0.2, -0.15) is 0 Å². The molecule has 0 aliphatic rings. The molecule has 0 aromatic carbocycles. The lowest BCUT2D eigenvalue weighted by Crippen LogP contribution is -2.40. The van der Waals surface area contributed by atoms with Crippen LogP contribution in [0.3, 0.4) is 0 Å². The van der Waals surface area contributed by atoms with Crippen LogP contribution in [0.5, 0.6) is 0 Å². The van der Waals surface area contributed by atoms with Gasteiger partial charge >= 0.3 is 0 Å². The van der Waals surface area contributed by atoms with Gasteiger partial charge in [0.05, 0.1) is 0 Å². The maximum absolute atomic E-state index is 10.7. The van der Waals surface area contributed by atoms with Gasteiger partial charge in [0, 0.05) is 13.4 Å². The molecule has 9 heavy (non-hydrogen) atoms. The predicted molar refractivity (Wildman–Crippen MR) is 40.3 cm³/mol. The van der Waals surface area contributed by atoms with Gasteiger partial charge in [0.25, 0.3) is 0 Å². The van der Waals surface area contributed by atoms with Crippen LogP contribution >= 0.6 is 0 Å². The van der Waals surface area contributed by atoms with Gasteiger partial charge in [0.1, 0.15) is 0 Å². The summed E-state index contributed by atoms with van der Waals surface area (Å²) >= 11 is 0. The summed E-state index contributed by atoms with van der Waals surface area (Å²) in [7, 11) is 0. The molecule has 0 fully saturated rings. The highest BCUT2D eigenvalue weighted by Crippen LogP contribution is 1.98. The van der Waals surface area contributed by atoms with E-state index in [1.807, 2.05) is 27.7 Å². The van der Waals surface area contributed by atoms with Gasteiger partial charge in [-0.25, -0.2) is 0 Å². The number of carbonyl (C=O) groups is 1. The molecule has 0 aliphatic heterocycles. The Labute approximate surface area is 58.1 Å². The zero-order valence-corrected chi connectivity index (χ0v) is 6.62. The zero-order valence-electron chi connectivity index (χ0n) is 6.62. The molecule has 0 radical (unpaired) electrons. The first-order valence-corrected chi connectivity index (χ1v) is 3.26. The molecule has 1 N–H and O–H groups in total. The minimum atomic E-state index is -0.0763. The second-order valence-electron chi connectivity index (χ2n) is 3.15. The third-order valence-corrected chi connectivity index (χ3v) is 0.836. The van der Waals surface area contributed by atoms with Gasteiger partial charge in [-0.3, -0.25) is 4.79 Å². The zero-order chi connectivity index (χ0) is 7.49. The Morgan fingerprint density at radius 3 is 2.11 bits per heavy atom. The van der Waals surface area contributed by atoms with E-state index < -0.39 is 0 Å². The van der Waals surface area contributed by atoms with Crippen LogP contribution in [0.15, 0.2) is 0 Å². The van der Waals surface area contributed by atoms with Crippen LogP contribution in [0.1, 0.15) is 35.5 Å². The fraction of sp³-hybridized carbons (Fsp3) is 0.857. The fourth-order valence-electron chi connectivity index (χ4n) is 0.507. The van der Waals surface area contributed by atoms with Crippen LogP contribution in [0, 0.1) is 0 Å². The number of hydrogen-bond donors (Lipinski definition) is 1. The summed E-state index contributed by atoms with van der Waals surface area (Å²) in [6, 6.07) is 0. The topological polar surface area (TPSA) is 29.1 Å². The van der Waals surface area contributed by atoms with Crippen molar-refractivity contribution in [1.29, 1.82) is 0 Å². The number of rotatable bonds is 1. The molecule has 0 bridgehead atoms. The lowest BCUT2D eigenvalue weighted by atomic mass is 10.1. The Morgan fingerprint density at radius 2 is 2.00 bits per heavy atom. The molecular weight excluding hydrogens is 114 g/mol. The van der Waals surface area contributed by atoms with Crippen LogP contribution in [-0.2, 0) is 4.79 Å². The van der Waals surface area contributed by atoms with Crippen LogP contribution < -0.4 is 5.32 Å². The molecule has 0 atom stereocenters. The van der Waals surface area contributed by atoms with Crippen molar-refractivity contribution in [2.75, 3.05) is 0 Å². The summed E-state index contributed by atoms with van der Waals surface area (Å²) < 4.78 is 0. The van der Waals surface area contributed by atoms with E-state index in [9.17, 15) is 4.79 Å². The van der Waals surface area contributed by atoms with E-state index in [1.54, 1.807) is 0 Å². The molecule has 0 rings (SSSR count). The fourth-order valence-corrected chi connectivity index (χ4v) is 0.507. The van der Waals surface area contributed by atoms with Crippen LogP contribution in [0.2, 0.25) is 0 Å². The summed E-state index contributed by atoms with van der Waals surface area (Å²) in [5.41, 5.74) is -0.0763. The molecule has 0 aliphatic carbocycles. The van der Waals surface area contributed by atoms with E-state index in [4.69, 9.17) is 0 Å². The smallest absolute Gasteiger partial charge is 0.220 e. The molecule has 2 heteroatoms. The van der Waals surface area contributed by atoms with Crippen molar-refractivity contribution >= 4 is 5.91 Å². The van der Waals surface area contributed by atoms with Gasteiger partial charge in [0.15, 0.2) is 0 Å². The Bertz CT molecular complexity index is 107. The third-order valence-electron chi connectivity index (χ3n) is 0.836. The first-order valence-electron chi connectivity index (χ1n) is 3.26. The minimum Gasteiger partial charge on any atom is -0.352 e. The van der Waals surface area contributed by atoms with Crippen molar-refractivity contribution in [3.05, 3.63) is 0 Å². The van der Waals surface area contributed by atoms with Crippen molar-refractivity contribution in [2.45, 2.75) is 39.7 Å². The quantitative estimate of drug-likeness (QED) is 0.575. The molecule has 0 heterocycles. The van der Waals surface area contributed by atoms with E-state index >= 15 is 0 Å². The van der Waals surface area contributed by atoms with Gasteiger partial charge in [-0.1, -0.05) is 6.92 Å². The normalized spacial score (nSPS) is 11.1. The molecule has 0 aromatic heterocycles. The van der Waals surface area contributed by atoms with Crippen LogP contribution in [0.4, 0.5) is 0 Å². The van der Waals surface area contributed by atoms with E-state index in [1.165, 1.54) is 0 Å². The maximum Gasteiger partial charge on any atom is 0.220 e. The predicted octanol–water partition coefficient (Wildman–Crippen LogP) is 1.56. The highest BCUT2D eigenvalue weighted by Gasteiger charge is 2.10. The van der Waals surface area contributed by atoms with Crippen molar-refractivity contribution in [3.63, 3.8) is 0 Å². The Hall–Kier alpha value is -0.530. The lowest BCUT2D eigenvalue weighted by Gasteiger charge is -2.19. The van der Waals surface area contributed by atoms with Crippen LogP contribution in [-0.4, -0.2) is 11.4 Å². The largest absolute Gasteiger partial charge is 0.352 e. The van der Waals surface area contributed by atoms with E-state index in [0.717, 1.165) is 0 Å². The van der Waals surface area contributed by atoms with E-state index in [0.29, 0.717) is 6.42 Å². The summed E-state index contributed by atoms with van der Waals surface area (Å²) in [5.74, 6) is 0.113. The molecular formula is C7H17NO. The lowest BCUT2D eigenvalue weighted by molar-refractivity contribution is -0.122. The van der Waals surface area contributed by atoms with Crippen LogP contribution in [0.25, 0.3) is 0 Å². The van der Waals surface area contributed by atoms with Gasteiger partial charge < -0.3 is 5.32 Å². The summed E-state index contributed by atoms with van der Waals surface area (Å²) in [6.45, 7) is 7.77. The standard InChI is InChI=1S/C7H15NO.H2/c1-5-6(9)8-7(2,3)4;/h5H2,1-4H3,(H,8,9);1H. The number of amides is 1. The molecule has 2 nitrogen and oxygen atoms in total. The van der Waals surface area contributed by atoms with Gasteiger partial charge in [-0.15, -0.1) is 0 Å². The highest BCUT2D eigenvalue weighted by molar-refractivity contribution is 5.76. The van der Waals surface area contributed by atoms with Crippen molar-refractivity contribution in [3.8, 4) is 0 Å². The molecule has 1 amide bonds. The second kappa shape index (κ2) is 2.85. The van der Waals surface area contributed by atoms with E-state index in [2.05, 4.69) is 5.32 Å². The minimum absolute atomic E-state index is 0. The van der Waals surface area contributed by atoms with Crippen molar-refractivity contribution in [1.82, 2.24) is 5.32 Å². The van der Waals surface area contributed by atoms with Crippen molar-refractivity contribution < 1.29 is 6.22 Å². The second-order valence-corrected chi connectivity index (χ2v) is 3.15. The first-order chi connectivity index (χ1) is 3.95. The molecule has 0 saturated heterocycles. The summed E-state index contributed by atoms with van der Waals surface area (Å²) in [6.07, 6.45) is 0.567. The van der Waals surface area contributed by atoms with E-state index in [-0.39, 0.29) is 12.9 Å². The first kappa shape index (κ1) is 8.47. The molecule has 0 spiro atoms. The average Bonchev–Trinajstić information content (AvgIpc) is 1.62. The summed E-state index contributed by atoms with van der Waals surface area (Å²) in [4.78, 5) is 10.7. The molecule has 0 unspecified atom stereocenters. The average molecular weight is 131 g/mol. The maximum atomic E-state index is 10.7. The number of carbonyl (C=O) groups excluding carboxylic acids is 1. The Balaban J connectivity index is 0. The Kier molecular flexibility index (Phi) is 2.68. The number of nitrogens with one attached hydrogen (secondary N) is 1. The van der Waals surface area contributed by atoms with Gasteiger partial charge in [-0.05, 0) is 20.8 Å². The third kappa shape index (κ3) is 5.34.